The van der Waals surface area contributed by atoms with Gasteiger partial charge in [0.05, 0.1) is 11.6 Å². The Kier molecular flexibility index (Phi) is 7.64. The van der Waals surface area contributed by atoms with E-state index in [-0.39, 0.29) is 30.5 Å². The van der Waals surface area contributed by atoms with Crippen LogP contribution in [0.5, 0.6) is 0 Å². The van der Waals surface area contributed by atoms with Gasteiger partial charge in [-0.1, -0.05) is 25.6 Å². The van der Waals surface area contributed by atoms with E-state index in [9.17, 15) is 18.4 Å². The fraction of sp³-hybridized carbons (Fsp3) is 0.524. The van der Waals surface area contributed by atoms with Gasteiger partial charge in [0.1, 0.15) is 17.5 Å². The molecule has 3 rings (SSSR count). The minimum absolute atomic E-state index is 0.00243. The van der Waals surface area contributed by atoms with Crippen molar-refractivity contribution >= 4 is 29.3 Å². The molecule has 1 aromatic carbocycles. The van der Waals surface area contributed by atoms with Gasteiger partial charge in [0, 0.05) is 38.5 Å². The first-order chi connectivity index (χ1) is 14.8. The molecule has 0 radical (unpaired) electrons. The molecule has 2 heterocycles. The van der Waals surface area contributed by atoms with E-state index in [2.05, 4.69) is 33.9 Å². The highest BCUT2D eigenvalue weighted by atomic mass is 32.2. The van der Waals surface area contributed by atoms with Gasteiger partial charge in [-0.25, -0.2) is 8.78 Å². The lowest BCUT2D eigenvalue weighted by Crippen LogP contribution is -2.34. The van der Waals surface area contributed by atoms with Crippen LogP contribution in [0.1, 0.15) is 32.5 Å². The first-order valence-corrected chi connectivity index (χ1v) is 11.5. The second-order valence-electron chi connectivity index (χ2n) is 8.00. The average Bonchev–Trinajstić information content (AvgIpc) is 3.28. The molecule has 1 N–H and O–H groups in total. The zero-order valence-corrected chi connectivity index (χ0v) is 18.7. The molecule has 0 saturated carbocycles. The number of nitrogens with one attached hydrogen (secondary N) is 1. The quantitative estimate of drug-likeness (QED) is 0.468. The number of rotatable bonds is 9. The molecular weight excluding hydrogens is 424 g/mol. The molecule has 1 saturated heterocycles. The summed E-state index contributed by atoms with van der Waals surface area (Å²) in [5.74, 6) is -1.33. The standard InChI is InChI=1S/C21H27F2N5O2S/c1-13(2)11-28-18(25-26-21(28)31-3)5-4-8-24-20(30)14-9-19(29)27(12-14)17-7-6-15(22)10-16(17)23/h6-7,10,13-14H,4-5,8-9,11-12H2,1-3H3,(H,24,30). The number of aromatic nitrogens is 3. The molecule has 1 aliphatic rings. The van der Waals surface area contributed by atoms with Gasteiger partial charge < -0.3 is 14.8 Å². The molecule has 1 fully saturated rings. The van der Waals surface area contributed by atoms with Crippen LogP contribution in [0.2, 0.25) is 0 Å². The third-order valence-electron chi connectivity index (χ3n) is 5.10. The Bertz CT molecular complexity index is 950. The number of anilines is 1. The molecule has 31 heavy (non-hydrogen) atoms. The van der Waals surface area contributed by atoms with E-state index >= 15 is 0 Å². The van der Waals surface area contributed by atoms with Crippen molar-refractivity contribution in [1.29, 1.82) is 0 Å². The van der Waals surface area contributed by atoms with Crippen LogP contribution >= 0.6 is 11.8 Å². The predicted molar refractivity (Wildman–Crippen MR) is 115 cm³/mol. The minimum Gasteiger partial charge on any atom is -0.356 e. The Balaban J connectivity index is 1.51. The van der Waals surface area contributed by atoms with Gasteiger partial charge in [0.25, 0.3) is 0 Å². The van der Waals surface area contributed by atoms with Crippen LogP contribution in [-0.4, -0.2) is 45.9 Å². The molecular formula is C21H27F2N5O2S. The van der Waals surface area contributed by atoms with Crippen LogP contribution in [0, 0.1) is 23.5 Å². The minimum atomic E-state index is -0.815. The number of aryl methyl sites for hydroxylation is 1. The molecule has 1 atom stereocenters. The molecule has 2 amide bonds. The van der Waals surface area contributed by atoms with Crippen molar-refractivity contribution in [3.63, 3.8) is 0 Å². The summed E-state index contributed by atoms with van der Waals surface area (Å²) in [5, 5.41) is 12.2. The van der Waals surface area contributed by atoms with Gasteiger partial charge in [-0.15, -0.1) is 10.2 Å². The van der Waals surface area contributed by atoms with Crippen LogP contribution in [0.4, 0.5) is 14.5 Å². The topological polar surface area (TPSA) is 80.1 Å². The summed E-state index contributed by atoms with van der Waals surface area (Å²) in [6, 6.07) is 3.05. The highest BCUT2D eigenvalue weighted by Crippen LogP contribution is 2.28. The van der Waals surface area contributed by atoms with E-state index < -0.39 is 17.6 Å². The maximum Gasteiger partial charge on any atom is 0.227 e. The number of carbonyl (C=O) groups is 2. The van der Waals surface area contributed by atoms with Gasteiger partial charge in [0.2, 0.25) is 11.8 Å². The number of halogens is 2. The van der Waals surface area contributed by atoms with Crippen molar-refractivity contribution in [3.05, 3.63) is 35.7 Å². The maximum absolute atomic E-state index is 14.0. The predicted octanol–water partition coefficient (Wildman–Crippen LogP) is 3.04. The number of carbonyl (C=O) groups excluding carboxylic acids is 2. The normalized spacial score (nSPS) is 16.4. The molecule has 7 nitrogen and oxygen atoms in total. The lowest BCUT2D eigenvalue weighted by Gasteiger charge is -2.17. The molecule has 1 aliphatic heterocycles. The van der Waals surface area contributed by atoms with Crippen molar-refractivity contribution < 1.29 is 18.4 Å². The van der Waals surface area contributed by atoms with Gasteiger partial charge in [-0.3, -0.25) is 9.59 Å². The largest absolute Gasteiger partial charge is 0.356 e. The summed E-state index contributed by atoms with van der Waals surface area (Å²) < 4.78 is 29.2. The molecule has 168 valence electrons. The molecule has 1 unspecified atom stereocenters. The Morgan fingerprint density at radius 1 is 1.32 bits per heavy atom. The van der Waals surface area contributed by atoms with E-state index in [0.29, 0.717) is 25.3 Å². The highest BCUT2D eigenvalue weighted by molar-refractivity contribution is 7.98. The second kappa shape index (κ2) is 10.2. The third-order valence-corrected chi connectivity index (χ3v) is 5.76. The summed E-state index contributed by atoms with van der Waals surface area (Å²) in [4.78, 5) is 26.0. The first-order valence-electron chi connectivity index (χ1n) is 10.3. The van der Waals surface area contributed by atoms with E-state index in [0.717, 1.165) is 29.7 Å². The number of nitrogens with zero attached hydrogens (tertiary/aromatic N) is 4. The summed E-state index contributed by atoms with van der Waals surface area (Å²) in [6.07, 6.45) is 3.33. The average molecular weight is 452 g/mol. The van der Waals surface area contributed by atoms with Crippen LogP contribution < -0.4 is 10.2 Å². The van der Waals surface area contributed by atoms with Crippen molar-refractivity contribution in [2.45, 2.75) is 44.8 Å². The maximum atomic E-state index is 14.0. The van der Waals surface area contributed by atoms with Crippen LogP contribution in [-0.2, 0) is 22.6 Å². The lowest BCUT2D eigenvalue weighted by molar-refractivity contribution is -0.126. The number of benzene rings is 1. The van der Waals surface area contributed by atoms with Gasteiger partial charge >= 0.3 is 0 Å². The molecule has 10 heteroatoms. The number of amides is 2. The monoisotopic (exact) mass is 451 g/mol. The molecule has 0 spiro atoms. The SMILES string of the molecule is CSc1nnc(CCCNC(=O)C2CC(=O)N(c3ccc(F)cc3F)C2)n1CC(C)C. The van der Waals surface area contributed by atoms with Crippen molar-refractivity contribution in [2.75, 3.05) is 24.2 Å². The third kappa shape index (κ3) is 5.61. The van der Waals surface area contributed by atoms with Crippen molar-refractivity contribution in [2.24, 2.45) is 11.8 Å². The van der Waals surface area contributed by atoms with Crippen molar-refractivity contribution in [1.82, 2.24) is 20.1 Å². The van der Waals surface area contributed by atoms with Crippen molar-refractivity contribution in [3.8, 4) is 0 Å². The molecule has 0 bridgehead atoms. The highest BCUT2D eigenvalue weighted by Gasteiger charge is 2.36. The summed E-state index contributed by atoms with van der Waals surface area (Å²) in [7, 11) is 0. The number of thioether (sulfide) groups is 1. The first kappa shape index (κ1) is 23.2. The summed E-state index contributed by atoms with van der Waals surface area (Å²) in [5.41, 5.74) is -0.00390. The summed E-state index contributed by atoms with van der Waals surface area (Å²) in [6.45, 7) is 5.63. The van der Waals surface area contributed by atoms with E-state index in [1.165, 1.54) is 11.0 Å². The Morgan fingerprint density at radius 3 is 2.77 bits per heavy atom. The Hall–Kier alpha value is -2.49. The lowest BCUT2D eigenvalue weighted by atomic mass is 10.1. The molecule has 2 aromatic rings. The zero-order chi connectivity index (χ0) is 22.5. The zero-order valence-electron chi connectivity index (χ0n) is 17.9. The van der Waals surface area contributed by atoms with Crippen LogP contribution in [0.25, 0.3) is 0 Å². The summed E-state index contributed by atoms with van der Waals surface area (Å²) >= 11 is 1.55. The Labute approximate surface area is 184 Å². The molecule has 0 aliphatic carbocycles. The second-order valence-corrected chi connectivity index (χ2v) is 8.78. The fourth-order valence-corrected chi connectivity index (χ4v) is 4.14. The fourth-order valence-electron chi connectivity index (χ4n) is 3.62. The van der Waals surface area contributed by atoms with Gasteiger partial charge in [-0.2, -0.15) is 0 Å². The van der Waals surface area contributed by atoms with Gasteiger partial charge in [-0.05, 0) is 30.7 Å². The van der Waals surface area contributed by atoms with Crippen LogP contribution in [0.3, 0.4) is 0 Å². The van der Waals surface area contributed by atoms with E-state index in [1.807, 2.05) is 6.26 Å². The van der Waals surface area contributed by atoms with Gasteiger partial charge in [0.15, 0.2) is 5.16 Å². The van der Waals surface area contributed by atoms with E-state index in [1.54, 1.807) is 11.8 Å². The smallest absolute Gasteiger partial charge is 0.227 e. The Morgan fingerprint density at radius 2 is 2.10 bits per heavy atom. The number of hydrogen-bond donors (Lipinski definition) is 1. The van der Waals surface area contributed by atoms with E-state index in [4.69, 9.17) is 0 Å². The van der Waals surface area contributed by atoms with Crippen LogP contribution in [0.15, 0.2) is 23.4 Å². The molecule has 1 aromatic heterocycles. The number of hydrogen-bond acceptors (Lipinski definition) is 5.